The molecule has 0 fully saturated rings. The van der Waals surface area contributed by atoms with Crippen molar-refractivity contribution >= 4 is 27.3 Å². The van der Waals surface area contributed by atoms with Crippen molar-refractivity contribution < 1.29 is 4.39 Å². The van der Waals surface area contributed by atoms with Crippen LogP contribution in [0.2, 0.25) is 0 Å². The van der Waals surface area contributed by atoms with Crippen LogP contribution >= 0.6 is 15.9 Å². The van der Waals surface area contributed by atoms with Crippen LogP contribution in [-0.2, 0) is 6.54 Å². The molecule has 0 atom stereocenters. The fourth-order valence-corrected chi connectivity index (χ4v) is 2.68. The standard InChI is InChI=1S/C17H20BrFN2/c1-3-20-12-13-8-9-14(18)10-17(13)21(4-2)16-7-5-6-15(19)11-16/h5-11,20H,3-4,12H2,1-2H3. The van der Waals surface area contributed by atoms with Crippen molar-refractivity contribution in [2.24, 2.45) is 0 Å². The van der Waals surface area contributed by atoms with Gasteiger partial charge in [-0.15, -0.1) is 0 Å². The predicted molar refractivity (Wildman–Crippen MR) is 90.6 cm³/mol. The molecule has 0 radical (unpaired) electrons. The average Bonchev–Trinajstić information content (AvgIpc) is 2.47. The van der Waals surface area contributed by atoms with Gasteiger partial charge in [-0.1, -0.05) is 35.0 Å². The minimum Gasteiger partial charge on any atom is -0.341 e. The number of benzene rings is 2. The highest BCUT2D eigenvalue weighted by molar-refractivity contribution is 9.10. The third-order valence-corrected chi connectivity index (χ3v) is 3.83. The lowest BCUT2D eigenvalue weighted by Gasteiger charge is -2.26. The summed E-state index contributed by atoms with van der Waals surface area (Å²) < 4.78 is 14.5. The zero-order valence-electron chi connectivity index (χ0n) is 12.4. The van der Waals surface area contributed by atoms with Crippen LogP contribution in [0.4, 0.5) is 15.8 Å². The van der Waals surface area contributed by atoms with Gasteiger partial charge in [-0.2, -0.15) is 0 Å². The number of rotatable bonds is 6. The van der Waals surface area contributed by atoms with E-state index in [1.165, 1.54) is 11.6 Å². The molecule has 1 N–H and O–H groups in total. The first-order valence-electron chi connectivity index (χ1n) is 7.18. The van der Waals surface area contributed by atoms with Gasteiger partial charge in [0.15, 0.2) is 0 Å². The third kappa shape index (κ3) is 4.05. The van der Waals surface area contributed by atoms with Crippen molar-refractivity contribution in [2.45, 2.75) is 20.4 Å². The van der Waals surface area contributed by atoms with Gasteiger partial charge in [0.2, 0.25) is 0 Å². The summed E-state index contributed by atoms with van der Waals surface area (Å²) in [6.07, 6.45) is 0. The molecule has 0 saturated carbocycles. The summed E-state index contributed by atoms with van der Waals surface area (Å²) in [5.74, 6) is -0.214. The van der Waals surface area contributed by atoms with E-state index in [4.69, 9.17) is 0 Å². The van der Waals surface area contributed by atoms with E-state index in [1.807, 2.05) is 12.1 Å². The minimum absolute atomic E-state index is 0.214. The number of hydrogen-bond acceptors (Lipinski definition) is 2. The van der Waals surface area contributed by atoms with Gasteiger partial charge in [-0.05, 0) is 49.4 Å². The van der Waals surface area contributed by atoms with Crippen LogP contribution in [0.1, 0.15) is 19.4 Å². The molecule has 2 aromatic carbocycles. The highest BCUT2D eigenvalue weighted by atomic mass is 79.9. The maximum Gasteiger partial charge on any atom is 0.125 e. The van der Waals surface area contributed by atoms with Gasteiger partial charge in [-0.3, -0.25) is 0 Å². The molecular formula is C17H20BrFN2. The van der Waals surface area contributed by atoms with Crippen LogP contribution in [0.25, 0.3) is 0 Å². The molecule has 0 saturated heterocycles. The first-order valence-corrected chi connectivity index (χ1v) is 7.97. The van der Waals surface area contributed by atoms with Gasteiger partial charge >= 0.3 is 0 Å². The van der Waals surface area contributed by atoms with Crippen LogP contribution in [0, 0.1) is 5.82 Å². The van der Waals surface area contributed by atoms with Crippen molar-refractivity contribution in [3.63, 3.8) is 0 Å². The zero-order chi connectivity index (χ0) is 15.2. The molecule has 0 spiro atoms. The molecule has 0 aliphatic rings. The molecule has 0 unspecified atom stereocenters. The van der Waals surface area contributed by atoms with E-state index in [0.29, 0.717) is 0 Å². The molecule has 21 heavy (non-hydrogen) atoms. The Balaban J connectivity index is 2.43. The largest absolute Gasteiger partial charge is 0.341 e. The molecule has 112 valence electrons. The highest BCUT2D eigenvalue weighted by Gasteiger charge is 2.13. The van der Waals surface area contributed by atoms with E-state index in [0.717, 1.165) is 35.5 Å². The number of nitrogens with one attached hydrogen (secondary N) is 1. The van der Waals surface area contributed by atoms with Gasteiger partial charge in [0.1, 0.15) is 5.82 Å². The SMILES string of the molecule is CCNCc1ccc(Br)cc1N(CC)c1cccc(F)c1. The second-order valence-electron chi connectivity index (χ2n) is 4.78. The Hall–Kier alpha value is -1.39. The van der Waals surface area contributed by atoms with Gasteiger partial charge in [-0.25, -0.2) is 4.39 Å². The number of hydrogen-bond donors (Lipinski definition) is 1. The Kier molecular flexibility index (Phi) is 5.76. The van der Waals surface area contributed by atoms with E-state index < -0.39 is 0 Å². The minimum atomic E-state index is -0.214. The summed E-state index contributed by atoms with van der Waals surface area (Å²) in [5, 5.41) is 3.35. The van der Waals surface area contributed by atoms with Gasteiger partial charge < -0.3 is 10.2 Å². The Labute approximate surface area is 134 Å². The number of nitrogens with zero attached hydrogens (tertiary/aromatic N) is 1. The van der Waals surface area contributed by atoms with E-state index in [2.05, 4.69) is 52.1 Å². The molecule has 2 rings (SSSR count). The Morgan fingerprint density at radius 2 is 1.95 bits per heavy atom. The topological polar surface area (TPSA) is 15.3 Å². The molecule has 0 heterocycles. The quantitative estimate of drug-likeness (QED) is 0.800. The number of anilines is 2. The van der Waals surface area contributed by atoms with Crippen LogP contribution in [0.3, 0.4) is 0 Å². The van der Waals surface area contributed by atoms with Crippen LogP contribution < -0.4 is 10.2 Å². The maximum absolute atomic E-state index is 13.5. The molecular weight excluding hydrogens is 331 g/mol. The van der Waals surface area contributed by atoms with Gasteiger partial charge in [0.05, 0.1) is 0 Å². The first-order chi connectivity index (χ1) is 10.2. The predicted octanol–water partition coefficient (Wildman–Crippen LogP) is 4.86. The molecule has 0 aromatic heterocycles. The normalized spacial score (nSPS) is 10.7. The second kappa shape index (κ2) is 7.57. The highest BCUT2D eigenvalue weighted by Crippen LogP contribution is 2.31. The van der Waals surface area contributed by atoms with Crippen molar-refractivity contribution in [1.29, 1.82) is 0 Å². The fourth-order valence-electron chi connectivity index (χ4n) is 2.33. The van der Waals surface area contributed by atoms with Gasteiger partial charge in [0.25, 0.3) is 0 Å². The number of halogens is 2. The van der Waals surface area contributed by atoms with Crippen molar-refractivity contribution in [1.82, 2.24) is 5.32 Å². The molecule has 2 aromatic rings. The van der Waals surface area contributed by atoms with Crippen LogP contribution in [-0.4, -0.2) is 13.1 Å². The van der Waals surface area contributed by atoms with E-state index in [9.17, 15) is 4.39 Å². The summed E-state index contributed by atoms with van der Waals surface area (Å²) in [6.45, 7) is 6.65. The maximum atomic E-state index is 13.5. The lowest BCUT2D eigenvalue weighted by Crippen LogP contribution is -2.20. The van der Waals surface area contributed by atoms with Crippen molar-refractivity contribution in [2.75, 3.05) is 18.0 Å². The average molecular weight is 351 g/mol. The van der Waals surface area contributed by atoms with Crippen molar-refractivity contribution in [3.05, 3.63) is 58.3 Å². The molecule has 4 heteroatoms. The smallest absolute Gasteiger partial charge is 0.125 e. The Bertz CT molecular complexity index is 601. The van der Waals surface area contributed by atoms with Gasteiger partial charge in [0, 0.05) is 28.9 Å². The molecule has 0 aliphatic heterocycles. The fraction of sp³-hybridized carbons (Fsp3) is 0.294. The van der Waals surface area contributed by atoms with Crippen LogP contribution in [0.5, 0.6) is 0 Å². The van der Waals surface area contributed by atoms with Crippen LogP contribution in [0.15, 0.2) is 46.9 Å². The van der Waals surface area contributed by atoms with E-state index in [1.54, 1.807) is 12.1 Å². The summed E-state index contributed by atoms with van der Waals surface area (Å²) >= 11 is 3.53. The summed E-state index contributed by atoms with van der Waals surface area (Å²) in [7, 11) is 0. The first kappa shape index (κ1) is 16.0. The second-order valence-corrected chi connectivity index (χ2v) is 5.69. The monoisotopic (exact) mass is 350 g/mol. The molecule has 0 amide bonds. The summed E-state index contributed by atoms with van der Waals surface area (Å²) in [4.78, 5) is 2.13. The lowest BCUT2D eigenvalue weighted by molar-refractivity contribution is 0.627. The Morgan fingerprint density at radius 1 is 1.14 bits per heavy atom. The lowest BCUT2D eigenvalue weighted by atomic mass is 10.1. The molecule has 0 bridgehead atoms. The molecule has 0 aliphatic carbocycles. The van der Waals surface area contributed by atoms with E-state index >= 15 is 0 Å². The summed E-state index contributed by atoms with van der Waals surface area (Å²) in [5.41, 5.74) is 3.16. The molecule has 2 nitrogen and oxygen atoms in total. The van der Waals surface area contributed by atoms with Crippen molar-refractivity contribution in [3.8, 4) is 0 Å². The third-order valence-electron chi connectivity index (χ3n) is 3.34. The zero-order valence-corrected chi connectivity index (χ0v) is 14.0. The Morgan fingerprint density at radius 3 is 2.62 bits per heavy atom. The summed E-state index contributed by atoms with van der Waals surface area (Å²) in [6, 6.07) is 12.9. The van der Waals surface area contributed by atoms with E-state index in [-0.39, 0.29) is 5.82 Å².